The molecule has 3 nitrogen and oxygen atoms in total. The van der Waals surface area contributed by atoms with Crippen molar-refractivity contribution in [3.63, 3.8) is 0 Å². The molecule has 2 aromatic rings. The molecule has 3 heteroatoms. The Kier molecular flexibility index (Phi) is 5.24. The molecule has 0 aliphatic rings. The lowest BCUT2D eigenvalue weighted by molar-refractivity contribution is 0.408. The Morgan fingerprint density at radius 3 is 2.85 bits per heavy atom. The highest BCUT2D eigenvalue weighted by molar-refractivity contribution is 5.37. The van der Waals surface area contributed by atoms with Crippen molar-refractivity contribution >= 4 is 0 Å². The molecule has 20 heavy (non-hydrogen) atoms. The van der Waals surface area contributed by atoms with Gasteiger partial charge in [0.25, 0.3) is 0 Å². The summed E-state index contributed by atoms with van der Waals surface area (Å²) in [5.41, 5.74) is 3.79. The molecule has 1 aromatic carbocycles. The average Bonchev–Trinajstić information content (AvgIpc) is 2.87. The van der Waals surface area contributed by atoms with Gasteiger partial charge in [-0.3, -0.25) is 0 Å². The minimum absolute atomic E-state index is 0.848. The van der Waals surface area contributed by atoms with Crippen LogP contribution < -0.4 is 10.1 Å². The van der Waals surface area contributed by atoms with Crippen molar-refractivity contribution in [2.45, 2.75) is 33.4 Å². The molecule has 0 atom stereocenters. The van der Waals surface area contributed by atoms with E-state index in [1.165, 1.54) is 16.8 Å². The zero-order chi connectivity index (χ0) is 14.4. The molecule has 0 spiro atoms. The van der Waals surface area contributed by atoms with Crippen LogP contribution in [0, 0.1) is 6.92 Å². The maximum Gasteiger partial charge on any atom is 0.123 e. The van der Waals surface area contributed by atoms with Crippen molar-refractivity contribution in [2.24, 2.45) is 0 Å². The van der Waals surface area contributed by atoms with Crippen LogP contribution in [0.15, 0.2) is 36.5 Å². The lowest BCUT2D eigenvalue weighted by Gasteiger charge is -2.13. The molecule has 0 amide bonds. The summed E-state index contributed by atoms with van der Waals surface area (Å²) in [5, 5.41) is 3.45. The standard InChI is InChI=1S/C17H24N2O/c1-4-9-18-12-16-6-5-10-19(16)13-15-11-14(2)7-8-17(15)20-3/h5-8,10-11,18H,4,9,12-13H2,1-3H3. The maximum absolute atomic E-state index is 5.46. The zero-order valence-corrected chi connectivity index (χ0v) is 12.6. The number of hydrogen-bond donors (Lipinski definition) is 1. The first-order valence-electron chi connectivity index (χ1n) is 7.23. The SMILES string of the molecule is CCCNCc1cccn1Cc1cc(C)ccc1OC. The van der Waals surface area contributed by atoms with Gasteiger partial charge in [-0.05, 0) is 38.1 Å². The average molecular weight is 272 g/mol. The van der Waals surface area contributed by atoms with E-state index >= 15 is 0 Å². The van der Waals surface area contributed by atoms with Crippen LogP contribution in [0.1, 0.15) is 30.2 Å². The van der Waals surface area contributed by atoms with Gasteiger partial charge in [0.05, 0.1) is 13.7 Å². The van der Waals surface area contributed by atoms with Crippen molar-refractivity contribution in [2.75, 3.05) is 13.7 Å². The Balaban J connectivity index is 2.14. The highest BCUT2D eigenvalue weighted by Crippen LogP contribution is 2.21. The van der Waals surface area contributed by atoms with E-state index in [2.05, 4.69) is 54.2 Å². The van der Waals surface area contributed by atoms with E-state index in [-0.39, 0.29) is 0 Å². The maximum atomic E-state index is 5.46. The van der Waals surface area contributed by atoms with E-state index in [1.54, 1.807) is 7.11 Å². The third kappa shape index (κ3) is 3.64. The number of ether oxygens (including phenoxy) is 1. The molecule has 0 radical (unpaired) electrons. The minimum atomic E-state index is 0.848. The number of hydrogen-bond acceptors (Lipinski definition) is 2. The summed E-state index contributed by atoms with van der Waals surface area (Å²) in [5.74, 6) is 0.955. The van der Waals surface area contributed by atoms with Gasteiger partial charge >= 0.3 is 0 Å². The highest BCUT2D eigenvalue weighted by atomic mass is 16.5. The Morgan fingerprint density at radius 2 is 2.10 bits per heavy atom. The van der Waals surface area contributed by atoms with Gasteiger partial charge in [0, 0.05) is 24.0 Å². The lowest BCUT2D eigenvalue weighted by atomic mass is 10.1. The van der Waals surface area contributed by atoms with E-state index < -0.39 is 0 Å². The van der Waals surface area contributed by atoms with Crippen LogP contribution in [0.2, 0.25) is 0 Å². The van der Waals surface area contributed by atoms with Gasteiger partial charge in [-0.25, -0.2) is 0 Å². The summed E-state index contributed by atoms with van der Waals surface area (Å²) < 4.78 is 7.74. The molecule has 0 saturated heterocycles. The van der Waals surface area contributed by atoms with Gasteiger partial charge in [-0.15, -0.1) is 0 Å². The van der Waals surface area contributed by atoms with Crippen molar-refractivity contribution in [3.05, 3.63) is 53.3 Å². The second-order valence-electron chi connectivity index (χ2n) is 5.12. The quantitative estimate of drug-likeness (QED) is 0.782. The molecule has 0 saturated carbocycles. The highest BCUT2D eigenvalue weighted by Gasteiger charge is 2.06. The van der Waals surface area contributed by atoms with E-state index in [1.807, 2.05) is 6.07 Å². The fourth-order valence-electron chi connectivity index (χ4n) is 2.37. The summed E-state index contributed by atoms with van der Waals surface area (Å²) >= 11 is 0. The van der Waals surface area contributed by atoms with Crippen LogP contribution in [0.5, 0.6) is 5.75 Å². The van der Waals surface area contributed by atoms with E-state index in [0.29, 0.717) is 0 Å². The van der Waals surface area contributed by atoms with Crippen LogP contribution in [-0.2, 0) is 13.1 Å². The molecule has 1 N–H and O–H groups in total. The van der Waals surface area contributed by atoms with Gasteiger partial charge in [0.2, 0.25) is 0 Å². The Hall–Kier alpha value is -1.74. The molecule has 108 valence electrons. The number of methoxy groups -OCH3 is 1. The van der Waals surface area contributed by atoms with Crippen LogP contribution in [-0.4, -0.2) is 18.2 Å². The van der Waals surface area contributed by atoms with Crippen molar-refractivity contribution < 1.29 is 4.74 Å². The van der Waals surface area contributed by atoms with Crippen LogP contribution in [0.25, 0.3) is 0 Å². The van der Waals surface area contributed by atoms with Crippen LogP contribution >= 0.6 is 0 Å². The normalized spacial score (nSPS) is 10.8. The Morgan fingerprint density at radius 1 is 1.25 bits per heavy atom. The molecule has 1 aromatic heterocycles. The monoisotopic (exact) mass is 272 g/mol. The first-order chi connectivity index (χ1) is 9.74. The summed E-state index contributed by atoms with van der Waals surface area (Å²) in [6, 6.07) is 10.6. The summed E-state index contributed by atoms with van der Waals surface area (Å²) in [4.78, 5) is 0. The van der Waals surface area contributed by atoms with Crippen molar-refractivity contribution in [1.82, 2.24) is 9.88 Å². The molecular weight excluding hydrogens is 248 g/mol. The summed E-state index contributed by atoms with van der Waals surface area (Å²) in [7, 11) is 1.73. The number of nitrogens with zero attached hydrogens (tertiary/aromatic N) is 1. The predicted molar refractivity (Wildman–Crippen MR) is 83.3 cm³/mol. The van der Waals surface area contributed by atoms with Gasteiger partial charge in [0.15, 0.2) is 0 Å². The van der Waals surface area contributed by atoms with Gasteiger partial charge < -0.3 is 14.6 Å². The fourth-order valence-corrected chi connectivity index (χ4v) is 2.37. The van der Waals surface area contributed by atoms with Crippen LogP contribution in [0.4, 0.5) is 0 Å². The molecule has 0 bridgehead atoms. The molecule has 0 aliphatic heterocycles. The minimum Gasteiger partial charge on any atom is -0.496 e. The number of rotatable bonds is 7. The largest absolute Gasteiger partial charge is 0.496 e. The number of aryl methyl sites for hydroxylation is 1. The number of aromatic nitrogens is 1. The van der Waals surface area contributed by atoms with Gasteiger partial charge in [-0.1, -0.05) is 24.6 Å². The second kappa shape index (κ2) is 7.15. The second-order valence-corrected chi connectivity index (χ2v) is 5.12. The molecule has 0 fully saturated rings. The predicted octanol–water partition coefficient (Wildman–Crippen LogP) is 3.35. The zero-order valence-electron chi connectivity index (χ0n) is 12.6. The molecule has 0 unspecified atom stereocenters. The lowest BCUT2D eigenvalue weighted by Crippen LogP contribution is -2.17. The molecular formula is C17H24N2O. The smallest absolute Gasteiger partial charge is 0.123 e. The topological polar surface area (TPSA) is 26.2 Å². The van der Waals surface area contributed by atoms with E-state index in [9.17, 15) is 0 Å². The summed E-state index contributed by atoms with van der Waals surface area (Å²) in [6.07, 6.45) is 3.29. The van der Waals surface area contributed by atoms with Gasteiger partial charge in [-0.2, -0.15) is 0 Å². The molecule has 2 rings (SSSR count). The first-order valence-corrected chi connectivity index (χ1v) is 7.23. The van der Waals surface area contributed by atoms with Crippen LogP contribution in [0.3, 0.4) is 0 Å². The Labute approximate surface area is 121 Å². The summed E-state index contributed by atoms with van der Waals surface area (Å²) in [6.45, 7) is 7.11. The molecule has 0 aliphatic carbocycles. The number of nitrogens with one attached hydrogen (secondary N) is 1. The third-order valence-electron chi connectivity index (χ3n) is 3.43. The van der Waals surface area contributed by atoms with Crippen molar-refractivity contribution in [1.29, 1.82) is 0 Å². The Bertz CT molecular complexity index is 546. The third-order valence-corrected chi connectivity index (χ3v) is 3.43. The van der Waals surface area contributed by atoms with E-state index in [0.717, 1.165) is 31.8 Å². The van der Waals surface area contributed by atoms with Gasteiger partial charge in [0.1, 0.15) is 5.75 Å². The fraction of sp³-hybridized carbons (Fsp3) is 0.412. The first kappa shape index (κ1) is 14.7. The molecule has 1 heterocycles. The van der Waals surface area contributed by atoms with E-state index in [4.69, 9.17) is 4.74 Å². The van der Waals surface area contributed by atoms with Crippen molar-refractivity contribution in [3.8, 4) is 5.75 Å². The number of benzene rings is 1.